The third-order valence-electron chi connectivity index (χ3n) is 4.64. The first kappa shape index (κ1) is 22.1. The molecule has 0 fully saturated rings. The number of benzene rings is 2. The smallest absolute Gasteiger partial charge is 0.308 e. The number of aromatic nitrogens is 2. The monoisotopic (exact) mass is 421 g/mol. The zero-order valence-electron chi connectivity index (χ0n) is 17.9. The molecule has 0 spiro atoms. The number of carbonyl (C=O) groups excluding carboxylic acids is 2. The first-order valence-electron chi connectivity index (χ1n) is 10.1. The molecule has 1 amide bonds. The molecule has 3 rings (SSSR count). The fourth-order valence-electron chi connectivity index (χ4n) is 3.15. The van der Waals surface area contributed by atoms with E-state index in [0.717, 1.165) is 11.1 Å². The number of hydrogen-bond acceptors (Lipinski definition) is 5. The summed E-state index contributed by atoms with van der Waals surface area (Å²) in [7, 11) is 1.58. The molecule has 0 radical (unpaired) electrons. The van der Waals surface area contributed by atoms with E-state index in [2.05, 4.69) is 10.4 Å². The van der Waals surface area contributed by atoms with E-state index in [0.29, 0.717) is 17.9 Å². The van der Waals surface area contributed by atoms with Crippen LogP contribution in [0.15, 0.2) is 67.0 Å². The maximum atomic E-state index is 12.9. The van der Waals surface area contributed by atoms with Crippen molar-refractivity contribution in [3.63, 3.8) is 0 Å². The van der Waals surface area contributed by atoms with Gasteiger partial charge in [0.25, 0.3) is 5.91 Å². The van der Waals surface area contributed by atoms with Gasteiger partial charge in [0, 0.05) is 6.20 Å². The van der Waals surface area contributed by atoms with Gasteiger partial charge in [0.1, 0.15) is 5.75 Å². The van der Waals surface area contributed by atoms with Crippen molar-refractivity contribution in [2.24, 2.45) is 0 Å². The standard InChI is InChI=1S/C24H27N3O4/c1-17(2)31-23(28)13-22(19-9-11-21(30-3)12-10-19)26-24(29)20-14-25-27(16-20)15-18-7-5-4-6-8-18/h4-12,14,16-17,22H,13,15H2,1-3H3,(H,26,29). The van der Waals surface area contributed by atoms with Crippen LogP contribution in [0.3, 0.4) is 0 Å². The van der Waals surface area contributed by atoms with Crippen molar-refractivity contribution in [2.75, 3.05) is 7.11 Å². The number of nitrogens with one attached hydrogen (secondary N) is 1. The summed E-state index contributed by atoms with van der Waals surface area (Å²) in [5.41, 5.74) is 2.29. The van der Waals surface area contributed by atoms with Gasteiger partial charge in [0.2, 0.25) is 0 Å². The predicted molar refractivity (Wildman–Crippen MR) is 117 cm³/mol. The van der Waals surface area contributed by atoms with E-state index in [1.807, 2.05) is 42.5 Å². The highest BCUT2D eigenvalue weighted by molar-refractivity contribution is 5.94. The molecular weight excluding hydrogens is 394 g/mol. The Kier molecular flexibility index (Phi) is 7.43. The van der Waals surface area contributed by atoms with Gasteiger partial charge >= 0.3 is 5.97 Å². The topological polar surface area (TPSA) is 82.4 Å². The predicted octanol–water partition coefficient (Wildman–Crippen LogP) is 3.75. The summed E-state index contributed by atoms with van der Waals surface area (Å²) in [6.45, 7) is 4.15. The van der Waals surface area contributed by atoms with Gasteiger partial charge in [-0.05, 0) is 37.1 Å². The Hall–Kier alpha value is -3.61. The van der Waals surface area contributed by atoms with Crippen molar-refractivity contribution < 1.29 is 19.1 Å². The Morgan fingerprint density at radius 3 is 2.42 bits per heavy atom. The van der Waals surface area contributed by atoms with Gasteiger partial charge in [-0.3, -0.25) is 14.3 Å². The van der Waals surface area contributed by atoms with Gasteiger partial charge in [0.05, 0.1) is 44.0 Å². The maximum absolute atomic E-state index is 12.9. The Bertz CT molecular complexity index is 997. The number of methoxy groups -OCH3 is 1. The number of esters is 1. The van der Waals surface area contributed by atoms with Crippen molar-refractivity contribution in [3.05, 3.63) is 83.7 Å². The van der Waals surface area contributed by atoms with E-state index in [1.54, 1.807) is 44.0 Å². The normalized spacial score (nSPS) is 11.7. The summed E-state index contributed by atoms with van der Waals surface area (Å²) in [5.74, 6) is 0.00846. The average Bonchev–Trinajstić information content (AvgIpc) is 3.22. The van der Waals surface area contributed by atoms with Crippen LogP contribution < -0.4 is 10.1 Å². The average molecular weight is 421 g/mol. The molecule has 2 aromatic carbocycles. The fraction of sp³-hybridized carbons (Fsp3) is 0.292. The Morgan fingerprint density at radius 1 is 1.06 bits per heavy atom. The van der Waals surface area contributed by atoms with E-state index in [-0.39, 0.29) is 24.4 Å². The molecule has 0 bridgehead atoms. The molecule has 1 heterocycles. The Balaban J connectivity index is 1.73. The molecule has 1 atom stereocenters. The van der Waals surface area contributed by atoms with Gasteiger partial charge in [-0.25, -0.2) is 0 Å². The van der Waals surface area contributed by atoms with Crippen LogP contribution in [0.1, 0.15) is 47.8 Å². The molecule has 162 valence electrons. The molecule has 1 aromatic heterocycles. The largest absolute Gasteiger partial charge is 0.497 e. The van der Waals surface area contributed by atoms with Gasteiger partial charge in [-0.1, -0.05) is 42.5 Å². The summed E-state index contributed by atoms with van der Waals surface area (Å²) in [4.78, 5) is 25.2. The highest BCUT2D eigenvalue weighted by atomic mass is 16.5. The second-order valence-electron chi connectivity index (χ2n) is 7.45. The molecule has 0 aliphatic carbocycles. The lowest BCUT2D eigenvalue weighted by atomic mass is 10.0. The van der Waals surface area contributed by atoms with Gasteiger partial charge in [-0.2, -0.15) is 5.10 Å². The summed E-state index contributed by atoms with van der Waals surface area (Å²) in [5, 5.41) is 7.22. The van der Waals surface area contributed by atoms with Crippen LogP contribution in [-0.4, -0.2) is 34.9 Å². The van der Waals surface area contributed by atoms with Crippen LogP contribution in [0.5, 0.6) is 5.75 Å². The number of rotatable bonds is 9. The Labute approximate surface area is 182 Å². The minimum absolute atomic E-state index is 0.0222. The SMILES string of the molecule is COc1ccc(C(CC(=O)OC(C)C)NC(=O)c2cnn(Cc3ccccc3)c2)cc1. The maximum Gasteiger partial charge on any atom is 0.308 e. The van der Waals surface area contributed by atoms with Crippen molar-refractivity contribution >= 4 is 11.9 Å². The molecule has 1 unspecified atom stereocenters. The van der Waals surface area contributed by atoms with E-state index < -0.39 is 6.04 Å². The van der Waals surface area contributed by atoms with Crippen LogP contribution in [0.4, 0.5) is 0 Å². The van der Waals surface area contributed by atoms with Gasteiger partial charge < -0.3 is 14.8 Å². The van der Waals surface area contributed by atoms with Crippen molar-refractivity contribution in [3.8, 4) is 5.75 Å². The molecule has 7 heteroatoms. The summed E-state index contributed by atoms with van der Waals surface area (Å²) >= 11 is 0. The molecular formula is C24H27N3O4. The minimum Gasteiger partial charge on any atom is -0.497 e. The van der Waals surface area contributed by atoms with Crippen LogP contribution in [0, 0.1) is 0 Å². The number of carbonyl (C=O) groups is 2. The molecule has 31 heavy (non-hydrogen) atoms. The molecule has 1 N–H and O–H groups in total. The molecule has 0 aliphatic heterocycles. The summed E-state index contributed by atoms with van der Waals surface area (Å²) in [6.07, 6.45) is 3.01. The number of hydrogen-bond donors (Lipinski definition) is 1. The summed E-state index contributed by atoms with van der Waals surface area (Å²) < 4.78 is 12.2. The molecule has 0 saturated heterocycles. The summed E-state index contributed by atoms with van der Waals surface area (Å²) in [6, 6.07) is 16.6. The zero-order chi connectivity index (χ0) is 22.2. The minimum atomic E-state index is -0.540. The van der Waals surface area contributed by atoms with Crippen molar-refractivity contribution in [2.45, 2.75) is 39.0 Å². The van der Waals surface area contributed by atoms with Gasteiger partial charge in [0.15, 0.2) is 0 Å². The molecule has 0 saturated carbocycles. The number of amides is 1. The molecule has 3 aromatic rings. The second kappa shape index (κ2) is 10.4. The third-order valence-corrected chi connectivity index (χ3v) is 4.64. The van der Waals surface area contributed by atoms with E-state index >= 15 is 0 Å². The first-order chi connectivity index (χ1) is 14.9. The lowest BCUT2D eigenvalue weighted by Crippen LogP contribution is -2.31. The number of nitrogens with zero attached hydrogens (tertiary/aromatic N) is 2. The highest BCUT2D eigenvalue weighted by Gasteiger charge is 2.21. The fourth-order valence-corrected chi connectivity index (χ4v) is 3.15. The van der Waals surface area contributed by atoms with Crippen LogP contribution >= 0.6 is 0 Å². The molecule has 7 nitrogen and oxygen atoms in total. The lowest BCUT2D eigenvalue weighted by molar-refractivity contribution is -0.147. The quantitative estimate of drug-likeness (QED) is 0.532. The van der Waals surface area contributed by atoms with E-state index in [9.17, 15) is 9.59 Å². The Morgan fingerprint density at radius 2 is 1.77 bits per heavy atom. The van der Waals surface area contributed by atoms with Crippen LogP contribution in [-0.2, 0) is 16.1 Å². The zero-order valence-corrected chi connectivity index (χ0v) is 17.9. The van der Waals surface area contributed by atoms with Gasteiger partial charge in [-0.15, -0.1) is 0 Å². The lowest BCUT2D eigenvalue weighted by Gasteiger charge is -2.19. The first-order valence-corrected chi connectivity index (χ1v) is 10.1. The van der Waals surface area contributed by atoms with E-state index in [4.69, 9.17) is 9.47 Å². The second-order valence-corrected chi connectivity index (χ2v) is 7.45. The highest BCUT2D eigenvalue weighted by Crippen LogP contribution is 2.22. The van der Waals surface area contributed by atoms with Crippen molar-refractivity contribution in [1.29, 1.82) is 0 Å². The third kappa shape index (κ3) is 6.44. The van der Waals surface area contributed by atoms with Crippen LogP contribution in [0.2, 0.25) is 0 Å². The number of ether oxygens (including phenoxy) is 2. The van der Waals surface area contributed by atoms with E-state index in [1.165, 1.54) is 6.20 Å². The van der Waals surface area contributed by atoms with Crippen molar-refractivity contribution in [1.82, 2.24) is 15.1 Å². The van der Waals surface area contributed by atoms with Crippen LogP contribution in [0.25, 0.3) is 0 Å². The molecule has 0 aliphatic rings.